The Hall–Kier alpha value is -16.0. The van der Waals surface area contributed by atoms with Gasteiger partial charge in [-0.15, -0.1) is 22.7 Å². The third kappa shape index (κ3) is 21.5. The van der Waals surface area contributed by atoms with Crippen molar-refractivity contribution in [1.29, 1.82) is 0 Å². The fourth-order valence-electron chi connectivity index (χ4n) is 18.1. The highest BCUT2D eigenvalue weighted by molar-refractivity contribution is 9.11. The van der Waals surface area contributed by atoms with Crippen LogP contribution in [0.25, 0.3) is 107 Å². The SMILES string of the molecule is Brc1cc(-c2ccc3sc4ccccc4c3c2)cc(N(c2ccccc2)c2ccc3sc4ccccc4c3c2)c1.Brc1ccc(-c2ccc(N(c3ccccc3)c3ccc(N(c4ccccc4)c4cccc5ccccc45)cc3)cc2)cc1.Brc1ccc(-c2ccc(N(c3ccccc3)c3cnc(-c4ccccc4)nc3)cc2)cc1.COc1ccc(N(c2ccc(F)cc2)c2ccc(-c3ccc(Br)cc3)cc2)cc1. The standard InChI is InChI=1S/C40H29BrN2.C36H22BrNS2.C28H20BrN3.C25H19BrFNO/c41-33-22-18-30(19-23-33)31-20-24-36(25-21-31)42(34-12-3-1-4-13-34)37-26-28-38(29-27-37)43(35-14-5-2-6-15-35)40-17-9-11-32-10-7-8-16-39(32)40;37-25-18-24(23-14-16-35-31(20-23)29-10-4-6-12-33(29)39-35)19-28(21-25)38(26-8-2-1-3-9-26)27-15-17-36-32(22-27)30-11-5-7-13-34(30)40-36;29-24-15-11-21(12-16-24)22-13-17-26(18-14-22)32(25-9-5-2-6-10-25)27-19-30-28(31-20-27)23-7-3-1-4-8-23;1-29-25-16-14-24(15-17-25)28(23-12-8-21(27)9-13-23)22-10-4-19(5-11-22)18-2-6-20(26)7-3-18/h1-29H;1-22H;1-20H;2-17H,1H3. The van der Waals surface area contributed by atoms with Gasteiger partial charge in [0.25, 0.3) is 0 Å². The number of hydrogen-bond acceptors (Lipinski definition) is 10. The van der Waals surface area contributed by atoms with Crippen molar-refractivity contribution in [3.63, 3.8) is 0 Å². The van der Waals surface area contributed by atoms with E-state index >= 15 is 0 Å². The zero-order valence-corrected chi connectivity index (χ0v) is 86.0. The number of hydrogen-bond donors (Lipinski definition) is 0. The Morgan fingerprint density at radius 2 is 0.521 bits per heavy atom. The Labute approximate surface area is 879 Å². The monoisotopic (exact) mass is 2150 g/mol. The van der Waals surface area contributed by atoms with E-state index in [1.54, 1.807) is 19.2 Å². The molecule has 0 saturated heterocycles. The van der Waals surface area contributed by atoms with E-state index in [-0.39, 0.29) is 5.82 Å². The lowest BCUT2D eigenvalue weighted by atomic mass is 10.0. The summed E-state index contributed by atoms with van der Waals surface area (Å²) in [5, 5.41) is 7.68. The first-order valence-electron chi connectivity index (χ1n) is 47.1. The van der Waals surface area contributed by atoms with Gasteiger partial charge in [0.05, 0.1) is 30.9 Å². The molecule has 8 nitrogen and oxygen atoms in total. The molecule has 21 aromatic carbocycles. The molecule has 0 radical (unpaired) electrons. The molecule has 24 aromatic rings. The van der Waals surface area contributed by atoms with Crippen LogP contribution in [0.15, 0.2) is 546 Å². The predicted molar refractivity (Wildman–Crippen MR) is 623 cm³/mol. The van der Waals surface area contributed by atoms with Crippen molar-refractivity contribution in [3.8, 4) is 61.6 Å². The zero-order chi connectivity index (χ0) is 97.6. The predicted octanol–water partition coefficient (Wildman–Crippen LogP) is 40.3. The van der Waals surface area contributed by atoms with Crippen molar-refractivity contribution < 1.29 is 9.13 Å². The van der Waals surface area contributed by atoms with Crippen molar-refractivity contribution in [2.24, 2.45) is 0 Å². The second-order valence-corrected chi connectivity index (χ2v) is 40.1. The molecule has 0 spiro atoms. The van der Waals surface area contributed by atoms with E-state index in [1.807, 2.05) is 120 Å². The molecule has 0 aliphatic heterocycles. The van der Waals surface area contributed by atoms with Crippen molar-refractivity contribution in [2.75, 3.05) is 31.6 Å². The first-order valence-corrected chi connectivity index (χ1v) is 52.0. The molecule has 0 atom stereocenters. The maximum Gasteiger partial charge on any atom is 0.159 e. The van der Waals surface area contributed by atoms with Crippen molar-refractivity contribution in [1.82, 2.24) is 9.97 Å². The normalized spacial score (nSPS) is 11.0. The van der Waals surface area contributed by atoms with Gasteiger partial charge < -0.3 is 29.2 Å². The van der Waals surface area contributed by atoms with Crippen LogP contribution in [0, 0.1) is 5.82 Å². The number of benzene rings is 21. The molecule has 0 aliphatic carbocycles. The number of methoxy groups -OCH3 is 1. The number of ether oxygens (including phenoxy) is 1. The summed E-state index contributed by atoms with van der Waals surface area (Å²) < 4.78 is 28.3. The van der Waals surface area contributed by atoms with Crippen molar-refractivity contribution in [3.05, 3.63) is 552 Å². The van der Waals surface area contributed by atoms with E-state index in [4.69, 9.17) is 4.74 Å². The average Bonchev–Trinajstić information content (AvgIpc) is 1.47. The van der Waals surface area contributed by atoms with Gasteiger partial charge >= 0.3 is 0 Å². The number of anilines is 15. The molecule has 144 heavy (non-hydrogen) atoms. The van der Waals surface area contributed by atoms with E-state index < -0.39 is 0 Å². The van der Waals surface area contributed by atoms with Gasteiger partial charge in [-0.05, 0) is 311 Å². The lowest BCUT2D eigenvalue weighted by molar-refractivity contribution is 0.415. The lowest BCUT2D eigenvalue weighted by Gasteiger charge is -2.29. The third-order valence-corrected chi connectivity index (χ3v) is 29.5. The number of nitrogens with zero attached hydrogens (tertiary/aromatic N) is 7. The molecule has 0 aliphatic rings. The van der Waals surface area contributed by atoms with Crippen LogP contribution in [0.1, 0.15) is 0 Å². The highest BCUT2D eigenvalue weighted by atomic mass is 79.9. The largest absolute Gasteiger partial charge is 0.497 e. The molecule has 0 N–H and O–H groups in total. The zero-order valence-electron chi connectivity index (χ0n) is 78.0. The first-order chi connectivity index (χ1) is 70.9. The van der Waals surface area contributed by atoms with E-state index in [0.29, 0.717) is 5.82 Å². The van der Waals surface area contributed by atoms with Gasteiger partial charge in [-0.25, -0.2) is 14.4 Å². The van der Waals surface area contributed by atoms with Gasteiger partial charge in [0.1, 0.15) is 11.6 Å². The number of aromatic nitrogens is 2. The lowest BCUT2D eigenvalue weighted by Crippen LogP contribution is -2.12. The van der Waals surface area contributed by atoms with Crippen LogP contribution in [0.2, 0.25) is 0 Å². The number of halogens is 5. The molecule has 0 unspecified atom stereocenters. The summed E-state index contributed by atoms with van der Waals surface area (Å²) in [6.07, 6.45) is 3.76. The van der Waals surface area contributed by atoms with Crippen LogP contribution in [-0.4, -0.2) is 17.1 Å². The highest BCUT2D eigenvalue weighted by Crippen LogP contribution is 2.48. The fraction of sp³-hybridized carbons (Fsp3) is 0.00775. The van der Waals surface area contributed by atoms with Gasteiger partial charge in [-0.2, -0.15) is 0 Å². The fourth-order valence-corrected chi connectivity index (χ4v) is 21.6. The smallest absolute Gasteiger partial charge is 0.159 e. The molecular formula is C129H90Br4FN7OS2. The maximum absolute atomic E-state index is 13.5. The van der Waals surface area contributed by atoms with E-state index in [9.17, 15) is 4.39 Å². The van der Waals surface area contributed by atoms with Crippen LogP contribution in [-0.2, 0) is 0 Å². The minimum atomic E-state index is -0.256. The Balaban J connectivity index is 0.000000115. The molecule has 0 fully saturated rings. The molecule has 694 valence electrons. The number of para-hydroxylation sites is 4. The first kappa shape index (κ1) is 94.3. The summed E-state index contributed by atoms with van der Waals surface area (Å²) in [5.41, 5.74) is 26.4. The molecule has 3 aromatic heterocycles. The number of rotatable bonds is 21. The van der Waals surface area contributed by atoms with Gasteiger partial charge in [0, 0.05) is 143 Å². The molecule has 0 amide bonds. The quantitative estimate of drug-likeness (QED) is 0.0705. The molecule has 3 heterocycles. The van der Waals surface area contributed by atoms with Crippen LogP contribution >= 0.6 is 86.4 Å². The van der Waals surface area contributed by atoms with Gasteiger partial charge in [-0.3, -0.25) is 0 Å². The summed E-state index contributed by atoms with van der Waals surface area (Å²) in [6.45, 7) is 0. The topological polar surface area (TPSA) is 51.2 Å². The summed E-state index contributed by atoms with van der Waals surface area (Å²) in [6, 6.07) is 179. The summed E-state index contributed by atoms with van der Waals surface area (Å²) in [4.78, 5) is 20.5. The maximum atomic E-state index is 13.5. The third-order valence-electron chi connectivity index (χ3n) is 25.2. The Morgan fingerprint density at radius 1 is 0.208 bits per heavy atom. The number of fused-ring (bicyclic) bond motifs is 7. The van der Waals surface area contributed by atoms with Crippen LogP contribution in [0.4, 0.5) is 89.7 Å². The highest BCUT2D eigenvalue weighted by Gasteiger charge is 2.23. The summed E-state index contributed by atoms with van der Waals surface area (Å²) in [5.74, 6) is 1.25. The van der Waals surface area contributed by atoms with Gasteiger partial charge in [-0.1, -0.05) is 319 Å². The van der Waals surface area contributed by atoms with Crippen LogP contribution in [0.5, 0.6) is 5.75 Å². The van der Waals surface area contributed by atoms with Gasteiger partial charge in [0.2, 0.25) is 0 Å². The van der Waals surface area contributed by atoms with Crippen LogP contribution in [0.3, 0.4) is 0 Å². The van der Waals surface area contributed by atoms with Crippen molar-refractivity contribution >= 4 is 223 Å². The van der Waals surface area contributed by atoms with E-state index in [0.717, 1.165) is 126 Å². The second kappa shape index (κ2) is 44.1. The van der Waals surface area contributed by atoms with Crippen LogP contribution < -0.4 is 29.2 Å². The molecular weight excluding hydrogens is 2070 g/mol. The van der Waals surface area contributed by atoms with E-state index in [1.165, 1.54) is 96.6 Å². The Morgan fingerprint density at radius 3 is 0.965 bits per heavy atom. The van der Waals surface area contributed by atoms with E-state index in [2.05, 4.69) is 505 Å². The van der Waals surface area contributed by atoms with Crippen molar-refractivity contribution in [2.45, 2.75) is 0 Å². The summed E-state index contributed by atoms with van der Waals surface area (Å²) >= 11 is 18.1. The molecule has 24 rings (SSSR count). The average molecular weight is 2160 g/mol. The Bertz CT molecular complexity index is 8480. The minimum absolute atomic E-state index is 0.256. The number of thiophene rings is 2. The second-order valence-electron chi connectivity index (χ2n) is 34.3. The van der Waals surface area contributed by atoms with Gasteiger partial charge in [0.15, 0.2) is 5.82 Å². The minimum Gasteiger partial charge on any atom is -0.497 e. The Kier molecular flexibility index (Phi) is 28.9. The molecule has 15 heteroatoms. The molecule has 0 saturated carbocycles. The summed E-state index contributed by atoms with van der Waals surface area (Å²) in [7, 11) is 1.65. The molecule has 0 bridgehead atoms.